The summed E-state index contributed by atoms with van der Waals surface area (Å²) in [6.07, 6.45) is 3.45. The van der Waals surface area contributed by atoms with Crippen molar-refractivity contribution in [3.63, 3.8) is 0 Å². The molecule has 0 saturated carbocycles. The van der Waals surface area contributed by atoms with Gasteiger partial charge in [0.25, 0.3) is 0 Å². The van der Waals surface area contributed by atoms with E-state index in [-0.39, 0.29) is 6.10 Å². The Labute approximate surface area is 153 Å². The number of aliphatic hydroxyl groups excluding tert-OH is 1. The maximum atomic E-state index is 10.1. The van der Waals surface area contributed by atoms with Gasteiger partial charge >= 0.3 is 0 Å². The van der Waals surface area contributed by atoms with E-state index in [4.69, 9.17) is 0 Å². The molecule has 0 aliphatic rings. The summed E-state index contributed by atoms with van der Waals surface area (Å²) in [7, 11) is 0. The summed E-state index contributed by atoms with van der Waals surface area (Å²) in [6, 6.07) is 16.7. The van der Waals surface area contributed by atoms with E-state index in [0.717, 1.165) is 34.1 Å². The highest BCUT2D eigenvalue weighted by molar-refractivity contribution is 7.99. The lowest BCUT2D eigenvalue weighted by atomic mass is 10.1. The minimum absolute atomic E-state index is 0.273. The molecule has 3 heteroatoms. The van der Waals surface area contributed by atoms with Crippen molar-refractivity contribution in [2.45, 2.75) is 17.6 Å². The fourth-order valence-corrected chi connectivity index (χ4v) is 4.29. The van der Waals surface area contributed by atoms with Gasteiger partial charge in [-0.1, -0.05) is 73.8 Å². The number of benzene rings is 2. The van der Waals surface area contributed by atoms with Gasteiger partial charge in [0, 0.05) is 23.0 Å². The third-order valence-corrected chi connectivity index (χ3v) is 5.85. The molecule has 24 heavy (non-hydrogen) atoms. The molecule has 0 heterocycles. The Morgan fingerprint density at radius 1 is 0.833 bits per heavy atom. The van der Waals surface area contributed by atoms with E-state index in [1.165, 1.54) is 11.1 Å². The highest BCUT2D eigenvalue weighted by Gasteiger charge is 2.05. The molecule has 1 nitrogen and oxygen atoms in total. The van der Waals surface area contributed by atoms with E-state index in [0.29, 0.717) is 0 Å². The Hall–Kier alpha value is -1.42. The zero-order valence-electron chi connectivity index (χ0n) is 13.9. The van der Waals surface area contributed by atoms with Gasteiger partial charge in [-0.2, -0.15) is 23.5 Å². The third kappa shape index (κ3) is 6.60. The number of rotatable bonds is 10. The van der Waals surface area contributed by atoms with E-state index in [1.54, 1.807) is 23.5 Å². The van der Waals surface area contributed by atoms with Gasteiger partial charge in [0.05, 0.1) is 6.10 Å². The Morgan fingerprint density at radius 2 is 1.29 bits per heavy atom. The number of thioether (sulfide) groups is 2. The van der Waals surface area contributed by atoms with Gasteiger partial charge < -0.3 is 5.11 Å². The van der Waals surface area contributed by atoms with Crippen molar-refractivity contribution in [2.75, 3.05) is 11.5 Å². The summed E-state index contributed by atoms with van der Waals surface area (Å²) in [4.78, 5) is 0. The highest BCUT2D eigenvalue weighted by Crippen LogP contribution is 2.19. The molecule has 0 aromatic heterocycles. The van der Waals surface area contributed by atoms with Crippen LogP contribution in [0, 0.1) is 0 Å². The van der Waals surface area contributed by atoms with E-state index in [1.807, 2.05) is 24.3 Å². The van der Waals surface area contributed by atoms with Crippen LogP contribution in [0.3, 0.4) is 0 Å². The summed E-state index contributed by atoms with van der Waals surface area (Å²) >= 11 is 3.55. The van der Waals surface area contributed by atoms with Gasteiger partial charge in [-0.05, 0) is 22.3 Å². The number of hydrogen-bond donors (Lipinski definition) is 1. The van der Waals surface area contributed by atoms with E-state index < -0.39 is 0 Å². The van der Waals surface area contributed by atoms with Crippen LogP contribution in [-0.2, 0) is 11.5 Å². The standard InChI is InChI=1S/C21H24OS2/c1-3-17-7-5-9-19(11-17)13-23-15-21(22)16-24-14-20-10-6-8-18(4-2)12-20/h3-12,21-22H,1-2,13-16H2. The van der Waals surface area contributed by atoms with Crippen LogP contribution in [0.4, 0.5) is 0 Å². The lowest BCUT2D eigenvalue weighted by molar-refractivity contribution is 0.225. The molecule has 0 radical (unpaired) electrons. The molecule has 1 N–H and O–H groups in total. The van der Waals surface area contributed by atoms with Gasteiger partial charge in [0.2, 0.25) is 0 Å². The molecular formula is C21H24OS2. The molecule has 0 aliphatic heterocycles. The van der Waals surface area contributed by atoms with Gasteiger partial charge in [-0.3, -0.25) is 0 Å². The topological polar surface area (TPSA) is 20.2 Å². The van der Waals surface area contributed by atoms with Gasteiger partial charge in [-0.15, -0.1) is 0 Å². The zero-order valence-corrected chi connectivity index (χ0v) is 15.5. The van der Waals surface area contributed by atoms with Crippen LogP contribution in [0.5, 0.6) is 0 Å². The van der Waals surface area contributed by atoms with E-state index >= 15 is 0 Å². The van der Waals surface area contributed by atoms with Crippen molar-refractivity contribution >= 4 is 35.7 Å². The Bertz CT molecular complexity index is 609. The van der Waals surface area contributed by atoms with Crippen molar-refractivity contribution in [3.8, 4) is 0 Å². The van der Waals surface area contributed by atoms with Crippen LogP contribution in [0.25, 0.3) is 12.2 Å². The average molecular weight is 357 g/mol. The first-order valence-corrected chi connectivity index (χ1v) is 10.3. The normalized spacial score (nSPS) is 10.8. The smallest absolute Gasteiger partial charge is 0.0721 e. The van der Waals surface area contributed by atoms with Crippen LogP contribution < -0.4 is 0 Å². The van der Waals surface area contributed by atoms with Gasteiger partial charge in [0.1, 0.15) is 0 Å². The SMILES string of the molecule is C=Cc1cccc(CSCC(O)CSCc2cccc(C=C)c2)c1. The van der Waals surface area contributed by atoms with E-state index in [9.17, 15) is 5.11 Å². The Balaban J connectivity index is 1.66. The maximum Gasteiger partial charge on any atom is 0.0721 e. The molecule has 2 aromatic carbocycles. The first kappa shape index (κ1) is 18.9. The van der Waals surface area contributed by atoms with Crippen LogP contribution in [0.1, 0.15) is 22.3 Å². The molecule has 0 bridgehead atoms. The van der Waals surface area contributed by atoms with Crippen molar-refractivity contribution in [3.05, 3.63) is 83.9 Å². The van der Waals surface area contributed by atoms with Crippen LogP contribution in [-0.4, -0.2) is 22.7 Å². The number of hydrogen-bond acceptors (Lipinski definition) is 3. The first-order chi connectivity index (χ1) is 11.7. The summed E-state index contributed by atoms with van der Waals surface area (Å²) in [6.45, 7) is 7.59. The third-order valence-electron chi connectivity index (χ3n) is 3.53. The predicted molar refractivity (Wildman–Crippen MR) is 111 cm³/mol. The minimum Gasteiger partial charge on any atom is -0.391 e. The second kappa shape index (κ2) is 10.4. The molecule has 0 fully saturated rings. The van der Waals surface area contributed by atoms with Crippen molar-refractivity contribution in [1.82, 2.24) is 0 Å². The molecule has 0 unspecified atom stereocenters. The fourth-order valence-electron chi connectivity index (χ4n) is 2.29. The molecule has 126 valence electrons. The van der Waals surface area contributed by atoms with Crippen molar-refractivity contribution in [2.24, 2.45) is 0 Å². The molecule has 0 saturated heterocycles. The molecule has 0 aliphatic carbocycles. The predicted octanol–water partition coefficient (Wildman–Crippen LogP) is 5.50. The fraction of sp³-hybridized carbons (Fsp3) is 0.238. The molecule has 0 spiro atoms. The summed E-state index contributed by atoms with van der Waals surface area (Å²) in [5.41, 5.74) is 4.84. The molecule has 0 atom stereocenters. The first-order valence-electron chi connectivity index (χ1n) is 7.97. The van der Waals surface area contributed by atoms with Crippen LogP contribution in [0.2, 0.25) is 0 Å². The van der Waals surface area contributed by atoms with Gasteiger partial charge in [-0.25, -0.2) is 0 Å². The molecular weight excluding hydrogens is 332 g/mol. The maximum absolute atomic E-state index is 10.1. The summed E-state index contributed by atoms with van der Waals surface area (Å²) in [5, 5.41) is 10.1. The van der Waals surface area contributed by atoms with Crippen molar-refractivity contribution < 1.29 is 5.11 Å². The summed E-state index contributed by atoms with van der Waals surface area (Å²) in [5.74, 6) is 3.37. The molecule has 2 aromatic rings. The average Bonchev–Trinajstić information content (AvgIpc) is 2.62. The Morgan fingerprint density at radius 3 is 1.71 bits per heavy atom. The Kier molecular flexibility index (Phi) is 8.23. The van der Waals surface area contributed by atoms with Crippen LogP contribution in [0.15, 0.2) is 61.7 Å². The second-order valence-electron chi connectivity index (χ2n) is 5.58. The van der Waals surface area contributed by atoms with Gasteiger partial charge in [0.15, 0.2) is 0 Å². The monoisotopic (exact) mass is 356 g/mol. The second-order valence-corrected chi connectivity index (χ2v) is 7.64. The summed E-state index contributed by atoms with van der Waals surface area (Å²) < 4.78 is 0. The number of aliphatic hydroxyl groups is 1. The van der Waals surface area contributed by atoms with Crippen molar-refractivity contribution in [1.29, 1.82) is 0 Å². The lowest BCUT2D eigenvalue weighted by Crippen LogP contribution is -2.13. The van der Waals surface area contributed by atoms with E-state index in [2.05, 4.69) is 49.6 Å². The largest absolute Gasteiger partial charge is 0.391 e. The highest BCUT2D eigenvalue weighted by atomic mass is 32.2. The molecule has 0 amide bonds. The lowest BCUT2D eigenvalue weighted by Gasteiger charge is -2.10. The zero-order chi connectivity index (χ0) is 17.2. The minimum atomic E-state index is -0.273. The van der Waals surface area contributed by atoms with Crippen LogP contribution >= 0.6 is 23.5 Å². The molecule has 2 rings (SSSR count). The quantitative estimate of drug-likeness (QED) is 0.607.